The van der Waals surface area contributed by atoms with Gasteiger partial charge in [-0.05, 0) is 52.9 Å². The molecular weight excluding hydrogens is 301 g/mol. The molecule has 0 radical (unpaired) electrons. The summed E-state index contributed by atoms with van der Waals surface area (Å²) in [7, 11) is 0. The first-order chi connectivity index (χ1) is 8.65. The standard InChI is InChI=1S/C12H11BrFN3O/c13-9-5-7(14)3-4-8(9)11-16-12(18-17-11)10(15)6-1-2-6/h3-6,10H,1-2,15H2. The van der Waals surface area contributed by atoms with Crippen LogP contribution in [0.4, 0.5) is 4.39 Å². The summed E-state index contributed by atoms with van der Waals surface area (Å²) >= 11 is 3.28. The van der Waals surface area contributed by atoms with Gasteiger partial charge in [0.25, 0.3) is 0 Å². The first-order valence-electron chi connectivity index (χ1n) is 5.70. The molecule has 1 atom stereocenters. The van der Waals surface area contributed by atoms with Gasteiger partial charge in [-0.2, -0.15) is 4.98 Å². The highest BCUT2D eigenvalue weighted by atomic mass is 79.9. The Bertz CT molecular complexity index is 582. The maximum atomic E-state index is 13.0. The van der Waals surface area contributed by atoms with E-state index in [1.165, 1.54) is 12.1 Å². The fraction of sp³-hybridized carbons (Fsp3) is 0.333. The van der Waals surface area contributed by atoms with E-state index in [9.17, 15) is 4.39 Å². The second kappa shape index (κ2) is 4.44. The van der Waals surface area contributed by atoms with Crippen LogP contribution in [-0.2, 0) is 0 Å². The van der Waals surface area contributed by atoms with Crippen LogP contribution in [0.5, 0.6) is 0 Å². The smallest absolute Gasteiger partial charge is 0.244 e. The largest absolute Gasteiger partial charge is 0.337 e. The predicted molar refractivity (Wildman–Crippen MR) is 67.0 cm³/mol. The summed E-state index contributed by atoms with van der Waals surface area (Å²) in [5.41, 5.74) is 6.68. The van der Waals surface area contributed by atoms with Crippen molar-refractivity contribution >= 4 is 15.9 Å². The van der Waals surface area contributed by atoms with Crippen molar-refractivity contribution in [3.63, 3.8) is 0 Å². The summed E-state index contributed by atoms with van der Waals surface area (Å²) in [5, 5.41) is 3.89. The molecule has 94 valence electrons. The van der Waals surface area contributed by atoms with E-state index in [1.807, 2.05) is 0 Å². The minimum absolute atomic E-state index is 0.189. The van der Waals surface area contributed by atoms with E-state index in [2.05, 4.69) is 26.1 Å². The normalized spacial score (nSPS) is 16.8. The van der Waals surface area contributed by atoms with Crippen molar-refractivity contribution < 1.29 is 8.91 Å². The molecule has 1 aliphatic rings. The Labute approximate surface area is 112 Å². The van der Waals surface area contributed by atoms with Gasteiger partial charge in [-0.25, -0.2) is 4.39 Å². The lowest BCUT2D eigenvalue weighted by Gasteiger charge is -2.02. The minimum Gasteiger partial charge on any atom is -0.337 e. The Balaban J connectivity index is 1.92. The number of hydrogen-bond donors (Lipinski definition) is 1. The molecule has 4 nitrogen and oxygen atoms in total. The molecule has 3 rings (SSSR count). The van der Waals surface area contributed by atoms with Crippen LogP contribution >= 0.6 is 15.9 Å². The average molecular weight is 312 g/mol. The first-order valence-corrected chi connectivity index (χ1v) is 6.49. The first kappa shape index (κ1) is 11.8. The highest BCUT2D eigenvalue weighted by Gasteiger charge is 2.33. The van der Waals surface area contributed by atoms with Crippen LogP contribution in [0.25, 0.3) is 11.4 Å². The molecule has 6 heteroatoms. The Morgan fingerprint density at radius 3 is 2.89 bits per heavy atom. The molecule has 1 heterocycles. The van der Waals surface area contributed by atoms with Gasteiger partial charge in [0.1, 0.15) is 5.82 Å². The fourth-order valence-electron chi connectivity index (χ4n) is 1.81. The molecule has 2 aromatic rings. The Kier molecular flexibility index (Phi) is 2.91. The molecule has 1 fully saturated rings. The maximum absolute atomic E-state index is 13.0. The molecule has 1 saturated carbocycles. The van der Waals surface area contributed by atoms with E-state index in [4.69, 9.17) is 10.3 Å². The predicted octanol–water partition coefficient (Wildman–Crippen LogP) is 3.05. The summed E-state index contributed by atoms with van der Waals surface area (Å²) in [6, 6.07) is 4.14. The second-order valence-corrected chi connectivity index (χ2v) is 5.30. The molecule has 0 spiro atoms. The quantitative estimate of drug-likeness (QED) is 0.946. The van der Waals surface area contributed by atoms with Crippen LogP contribution < -0.4 is 5.73 Å². The monoisotopic (exact) mass is 311 g/mol. The number of rotatable bonds is 3. The van der Waals surface area contributed by atoms with Crippen LogP contribution in [-0.4, -0.2) is 10.1 Å². The van der Waals surface area contributed by atoms with Crippen molar-refractivity contribution in [3.8, 4) is 11.4 Å². The topological polar surface area (TPSA) is 64.9 Å². The Hall–Kier alpha value is -1.27. The van der Waals surface area contributed by atoms with Crippen molar-refractivity contribution in [2.75, 3.05) is 0 Å². The molecule has 1 unspecified atom stereocenters. The molecule has 0 aliphatic heterocycles. The zero-order valence-electron chi connectivity index (χ0n) is 9.44. The summed E-state index contributed by atoms with van der Waals surface area (Å²) in [6.07, 6.45) is 2.22. The highest BCUT2D eigenvalue weighted by Crippen LogP contribution is 2.39. The fourth-order valence-corrected chi connectivity index (χ4v) is 2.34. The number of nitrogens with zero attached hydrogens (tertiary/aromatic N) is 2. The molecule has 0 bridgehead atoms. The number of aromatic nitrogens is 2. The van der Waals surface area contributed by atoms with Crippen LogP contribution in [0.2, 0.25) is 0 Å². The van der Waals surface area contributed by atoms with Crippen molar-refractivity contribution in [1.29, 1.82) is 0 Å². The van der Waals surface area contributed by atoms with Gasteiger partial charge in [0, 0.05) is 10.0 Å². The molecule has 0 amide bonds. The molecule has 1 aliphatic carbocycles. The van der Waals surface area contributed by atoms with Crippen molar-refractivity contribution in [2.24, 2.45) is 11.7 Å². The third kappa shape index (κ3) is 2.18. The summed E-state index contributed by atoms with van der Waals surface area (Å²) in [5.74, 6) is 1.01. The lowest BCUT2D eigenvalue weighted by molar-refractivity contribution is 0.343. The van der Waals surface area contributed by atoms with E-state index < -0.39 is 0 Å². The third-order valence-electron chi connectivity index (χ3n) is 3.03. The van der Waals surface area contributed by atoms with Gasteiger partial charge < -0.3 is 10.3 Å². The summed E-state index contributed by atoms with van der Waals surface area (Å²) < 4.78 is 18.8. The zero-order valence-corrected chi connectivity index (χ0v) is 11.0. The van der Waals surface area contributed by atoms with Gasteiger partial charge >= 0.3 is 0 Å². The van der Waals surface area contributed by atoms with Crippen molar-refractivity contribution in [2.45, 2.75) is 18.9 Å². The van der Waals surface area contributed by atoms with Crippen LogP contribution in [0.1, 0.15) is 24.8 Å². The zero-order chi connectivity index (χ0) is 12.7. The van der Waals surface area contributed by atoms with Gasteiger partial charge in [0.15, 0.2) is 0 Å². The van der Waals surface area contributed by atoms with Gasteiger partial charge in [0.2, 0.25) is 11.7 Å². The van der Waals surface area contributed by atoms with E-state index >= 15 is 0 Å². The van der Waals surface area contributed by atoms with E-state index in [-0.39, 0.29) is 11.9 Å². The second-order valence-electron chi connectivity index (χ2n) is 4.44. The molecule has 0 saturated heterocycles. The van der Waals surface area contributed by atoms with E-state index in [1.54, 1.807) is 6.07 Å². The summed E-state index contributed by atoms with van der Waals surface area (Å²) in [4.78, 5) is 4.28. The molecule has 1 aromatic carbocycles. The SMILES string of the molecule is NC(c1nc(-c2ccc(F)cc2Br)no1)C1CC1. The number of benzene rings is 1. The third-order valence-corrected chi connectivity index (χ3v) is 3.68. The molecular formula is C12H11BrFN3O. The van der Waals surface area contributed by atoms with Crippen LogP contribution in [0, 0.1) is 11.7 Å². The maximum Gasteiger partial charge on any atom is 0.244 e. The molecule has 2 N–H and O–H groups in total. The van der Waals surface area contributed by atoms with Gasteiger partial charge in [-0.3, -0.25) is 0 Å². The Morgan fingerprint density at radius 2 is 2.22 bits per heavy atom. The van der Waals surface area contributed by atoms with Crippen molar-refractivity contribution in [3.05, 3.63) is 34.4 Å². The van der Waals surface area contributed by atoms with Gasteiger partial charge in [-0.15, -0.1) is 0 Å². The number of halogens is 2. The minimum atomic E-state index is -0.316. The summed E-state index contributed by atoms with van der Waals surface area (Å²) in [6.45, 7) is 0. The molecule has 18 heavy (non-hydrogen) atoms. The van der Waals surface area contributed by atoms with Crippen molar-refractivity contribution in [1.82, 2.24) is 10.1 Å². The lowest BCUT2D eigenvalue weighted by atomic mass is 10.2. The average Bonchev–Trinajstić information content (AvgIpc) is 3.07. The van der Waals surface area contributed by atoms with E-state index in [0.717, 1.165) is 12.8 Å². The highest BCUT2D eigenvalue weighted by molar-refractivity contribution is 9.10. The van der Waals surface area contributed by atoms with Gasteiger partial charge in [0.05, 0.1) is 6.04 Å². The number of nitrogens with two attached hydrogens (primary N) is 1. The lowest BCUT2D eigenvalue weighted by Crippen LogP contribution is -2.12. The molecule has 1 aromatic heterocycles. The van der Waals surface area contributed by atoms with Gasteiger partial charge in [-0.1, -0.05) is 5.16 Å². The Morgan fingerprint density at radius 1 is 1.44 bits per heavy atom. The van der Waals surface area contributed by atoms with Crippen LogP contribution in [0.3, 0.4) is 0 Å². The number of hydrogen-bond acceptors (Lipinski definition) is 4. The van der Waals surface area contributed by atoms with Crippen LogP contribution in [0.15, 0.2) is 27.2 Å². The van der Waals surface area contributed by atoms with E-state index in [0.29, 0.717) is 27.7 Å².